The summed E-state index contributed by atoms with van der Waals surface area (Å²) in [6.07, 6.45) is 7.86. The summed E-state index contributed by atoms with van der Waals surface area (Å²) >= 11 is 0. The molecule has 16 heavy (non-hydrogen) atoms. The van der Waals surface area contributed by atoms with Gasteiger partial charge in [-0.1, -0.05) is 0 Å². The van der Waals surface area contributed by atoms with Gasteiger partial charge in [0.25, 0.3) is 0 Å². The molecule has 1 unspecified atom stereocenters. The van der Waals surface area contributed by atoms with Gasteiger partial charge in [0.2, 0.25) is 0 Å². The molecule has 1 aromatic heterocycles. The number of rotatable bonds is 3. The Balaban J connectivity index is 2.23. The number of pyridine rings is 1. The van der Waals surface area contributed by atoms with E-state index in [0.29, 0.717) is 6.04 Å². The molecule has 1 saturated heterocycles. The maximum absolute atomic E-state index is 4.22. The molecule has 0 amide bonds. The molecule has 0 aromatic carbocycles. The fourth-order valence-corrected chi connectivity index (χ4v) is 2.48. The van der Waals surface area contributed by atoms with Crippen molar-refractivity contribution in [2.45, 2.75) is 38.8 Å². The van der Waals surface area contributed by atoms with Gasteiger partial charge in [0.15, 0.2) is 0 Å². The Labute approximate surface area is 97.9 Å². The van der Waals surface area contributed by atoms with Gasteiger partial charge in [-0.2, -0.15) is 0 Å². The molecule has 1 aromatic rings. The Hall–Kier alpha value is -1.09. The SMILES string of the molecule is CNCc1cnccc1N1CCCCC1C. The van der Waals surface area contributed by atoms with Gasteiger partial charge >= 0.3 is 0 Å². The smallest absolute Gasteiger partial charge is 0.0445 e. The topological polar surface area (TPSA) is 28.2 Å². The molecule has 0 radical (unpaired) electrons. The number of nitrogens with one attached hydrogen (secondary N) is 1. The molecule has 0 saturated carbocycles. The zero-order valence-corrected chi connectivity index (χ0v) is 10.2. The van der Waals surface area contributed by atoms with Crippen molar-refractivity contribution in [1.82, 2.24) is 10.3 Å². The molecule has 1 N–H and O–H groups in total. The highest BCUT2D eigenvalue weighted by atomic mass is 15.2. The molecular formula is C13H21N3. The van der Waals surface area contributed by atoms with E-state index in [1.54, 1.807) is 0 Å². The van der Waals surface area contributed by atoms with E-state index < -0.39 is 0 Å². The van der Waals surface area contributed by atoms with Gasteiger partial charge in [0.05, 0.1) is 0 Å². The largest absolute Gasteiger partial charge is 0.368 e. The van der Waals surface area contributed by atoms with E-state index in [0.717, 1.165) is 6.54 Å². The van der Waals surface area contributed by atoms with Crippen LogP contribution in [0.4, 0.5) is 5.69 Å². The third kappa shape index (κ3) is 2.35. The van der Waals surface area contributed by atoms with Crippen molar-refractivity contribution in [2.75, 3.05) is 18.5 Å². The van der Waals surface area contributed by atoms with Crippen LogP contribution in [0.2, 0.25) is 0 Å². The van der Waals surface area contributed by atoms with Gasteiger partial charge in [-0.3, -0.25) is 4.98 Å². The fraction of sp³-hybridized carbons (Fsp3) is 0.615. The summed E-state index contributed by atoms with van der Waals surface area (Å²) in [6.45, 7) is 4.40. The molecule has 1 fully saturated rings. The number of piperidine rings is 1. The first-order valence-electron chi connectivity index (χ1n) is 6.17. The normalized spacial score (nSPS) is 21.1. The maximum atomic E-state index is 4.22. The van der Waals surface area contributed by atoms with Crippen molar-refractivity contribution in [3.05, 3.63) is 24.0 Å². The minimum atomic E-state index is 0.659. The van der Waals surface area contributed by atoms with Crippen molar-refractivity contribution in [1.29, 1.82) is 0 Å². The summed E-state index contributed by atoms with van der Waals surface area (Å²) in [5.74, 6) is 0. The monoisotopic (exact) mass is 219 g/mol. The van der Waals surface area contributed by atoms with Crippen LogP contribution in [0.5, 0.6) is 0 Å². The lowest BCUT2D eigenvalue weighted by atomic mass is 10.0. The van der Waals surface area contributed by atoms with E-state index in [1.165, 1.54) is 37.1 Å². The van der Waals surface area contributed by atoms with Crippen LogP contribution in [0, 0.1) is 0 Å². The number of aromatic nitrogens is 1. The second-order valence-electron chi connectivity index (χ2n) is 4.57. The van der Waals surface area contributed by atoms with Gasteiger partial charge in [-0.15, -0.1) is 0 Å². The molecule has 1 aliphatic rings. The summed E-state index contributed by atoms with van der Waals surface area (Å²) in [7, 11) is 1.98. The van der Waals surface area contributed by atoms with Gasteiger partial charge in [0, 0.05) is 42.8 Å². The van der Waals surface area contributed by atoms with Crippen LogP contribution in [0.1, 0.15) is 31.7 Å². The number of anilines is 1. The molecule has 1 aliphatic heterocycles. The van der Waals surface area contributed by atoms with E-state index in [4.69, 9.17) is 0 Å². The maximum Gasteiger partial charge on any atom is 0.0445 e. The van der Waals surface area contributed by atoms with Crippen molar-refractivity contribution < 1.29 is 0 Å². The molecule has 2 rings (SSSR count). The predicted molar refractivity (Wildman–Crippen MR) is 67.7 cm³/mol. The van der Waals surface area contributed by atoms with Crippen LogP contribution in [0.3, 0.4) is 0 Å². The first-order chi connectivity index (χ1) is 7.83. The molecule has 3 heteroatoms. The molecule has 0 aliphatic carbocycles. The molecule has 2 heterocycles. The molecule has 0 spiro atoms. The Morgan fingerprint density at radius 3 is 3.12 bits per heavy atom. The van der Waals surface area contributed by atoms with E-state index >= 15 is 0 Å². The highest BCUT2D eigenvalue weighted by Gasteiger charge is 2.20. The van der Waals surface area contributed by atoms with Gasteiger partial charge in [0.1, 0.15) is 0 Å². The summed E-state index contributed by atoms with van der Waals surface area (Å²) in [5, 5.41) is 3.21. The molecular weight excluding hydrogens is 198 g/mol. The highest BCUT2D eigenvalue weighted by Crippen LogP contribution is 2.27. The van der Waals surface area contributed by atoms with Gasteiger partial charge < -0.3 is 10.2 Å². The molecule has 3 nitrogen and oxygen atoms in total. The lowest BCUT2D eigenvalue weighted by molar-refractivity contribution is 0.483. The lowest BCUT2D eigenvalue weighted by Gasteiger charge is -2.36. The van der Waals surface area contributed by atoms with Crippen LogP contribution in [0.25, 0.3) is 0 Å². The van der Waals surface area contributed by atoms with Gasteiger partial charge in [-0.25, -0.2) is 0 Å². The first kappa shape index (κ1) is 11.4. The van der Waals surface area contributed by atoms with Crippen LogP contribution in [-0.4, -0.2) is 24.6 Å². The van der Waals surface area contributed by atoms with E-state index in [2.05, 4.69) is 28.2 Å². The Morgan fingerprint density at radius 1 is 1.50 bits per heavy atom. The van der Waals surface area contributed by atoms with Crippen molar-refractivity contribution >= 4 is 5.69 Å². The summed E-state index contributed by atoms with van der Waals surface area (Å²) in [4.78, 5) is 6.74. The van der Waals surface area contributed by atoms with Crippen LogP contribution in [0.15, 0.2) is 18.5 Å². The van der Waals surface area contributed by atoms with E-state index in [9.17, 15) is 0 Å². The number of nitrogens with zero attached hydrogens (tertiary/aromatic N) is 2. The van der Waals surface area contributed by atoms with E-state index in [-0.39, 0.29) is 0 Å². The quantitative estimate of drug-likeness (QED) is 0.844. The number of hydrogen-bond acceptors (Lipinski definition) is 3. The third-order valence-corrected chi connectivity index (χ3v) is 3.36. The number of hydrogen-bond donors (Lipinski definition) is 1. The Morgan fingerprint density at radius 2 is 2.38 bits per heavy atom. The predicted octanol–water partition coefficient (Wildman–Crippen LogP) is 2.18. The van der Waals surface area contributed by atoms with E-state index in [1.807, 2.05) is 19.4 Å². The van der Waals surface area contributed by atoms with Crippen LogP contribution >= 0.6 is 0 Å². The molecule has 1 atom stereocenters. The van der Waals surface area contributed by atoms with Crippen LogP contribution < -0.4 is 10.2 Å². The van der Waals surface area contributed by atoms with Gasteiger partial charge in [-0.05, 0) is 39.3 Å². The first-order valence-corrected chi connectivity index (χ1v) is 6.17. The fourth-order valence-electron chi connectivity index (χ4n) is 2.48. The Bertz CT molecular complexity index is 338. The highest BCUT2D eigenvalue weighted by molar-refractivity contribution is 5.53. The van der Waals surface area contributed by atoms with Crippen LogP contribution in [-0.2, 0) is 6.54 Å². The third-order valence-electron chi connectivity index (χ3n) is 3.36. The summed E-state index contributed by atoms with van der Waals surface area (Å²) in [5.41, 5.74) is 2.66. The Kier molecular flexibility index (Phi) is 3.78. The lowest BCUT2D eigenvalue weighted by Crippen LogP contribution is -2.38. The second kappa shape index (κ2) is 5.30. The minimum absolute atomic E-state index is 0.659. The average Bonchev–Trinajstić information content (AvgIpc) is 2.31. The molecule has 88 valence electrons. The standard InChI is InChI=1S/C13H21N3/c1-11-5-3-4-8-16(11)13-6-7-15-10-12(13)9-14-2/h6-7,10-11,14H,3-5,8-9H2,1-2H3. The second-order valence-corrected chi connectivity index (χ2v) is 4.57. The zero-order chi connectivity index (χ0) is 11.4. The zero-order valence-electron chi connectivity index (χ0n) is 10.2. The molecule has 0 bridgehead atoms. The van der Waals surface area contributed by atoms with Crippen molar-refractivity contribution in [3.8, 4) is 0 Å². The average molecular weight is 219 g/mol. The van der Waals surface area contributed by atoms with Crippen molar-refractivity contribution in [2.24, 2.45) is 0 Å². The summed E-state index contributed by atoms with van der Waals surface area (Å²) < 4.78 is 0. The minimum Gasteiger partial charge on any atom is -0.368 e. The summed E-state index contributed by atoms with van der Waals surface area (Å²) in [6, 6.07) is 2.81. The van der Waals surface area contributed by atoms with Crippen molar-refractivity contribution in [3.63, 3.8) is 0 Å².